The van der Waals surface area contributed by atoms with Gasteiger partial charge in [-0.2, -0.15) is 20.1 Å². The molecule has 0 saturated carbocycles. The van der Waals surface area contributed by atoms with Crippen molar-refractivity contribution in [3.63, 3.8) is 0 Å². The van der Waals surface area contributed by atoms with E-state index >= 15 is 0 Å². The number of halogens is 2. The van der Waals surface area contributed by atoms with Crippen molar-refractivity contribution in [1.82, 2.24) is 15.0 Å². The molecule has 31 heavy (non-hydrogen) atoms. The summed E-state index contributed by atoms with van der Waals surface area (Å²) < 4.78 is 0. The summed E-state index contributed by atoms with van der Waals surface area (Å²) in [7, 11) is 0. The van der Waals surface area contributed by atoms with Crippen molar-refractivity contribution in [2.24, 2.45) is 5.10 Å². The molecule has 166 valence electrons. The first-order valence-corrected chi connectivity index (χ1v) is 11.9. The molecular weight excluding hydrogens is 433 g/mol. The first-order valence-electron chi connectivity index (χ1n) is 11.2. The Morgan fingerprint density at radius 2 is 1.29 bits per heavy atom. The molecule has 0 spiro atoms. The standard InChI is InChI=1S/C22H29Cl2N7/c23-18-10-9-17(15-19(18)24)16-25-29-20-26-21(30-11-5-1-2-6-12-30)28-22(27-20)31-13-7-3-4-8-14-31/h9-10,15-16H,1-8,11-14H2,(H,26,27,28,29). The summed E-state index contributed by atoms with van der Waals surface area (Å²) in [4.78, 5) is 18.8. The second kappa shape index (κ2) is 11.0. The van der Waals surface area contributed by atoms with Gasteiger partial charge in [0.25, 0.3) is 0 Å². The maximum Gasteiger partial charge on any atom is 0.250 e. The van der Waals surface area contributed by atoms with Crippen LogP contribution in [0.5, 0.6) is 0 Å². The van der Waals surface area contributed by atoms with Crippen LogP contribution in [-0.2, 0) is 0 Å². The average Bonchev–Trinajstić information content (AvgIpc) is 3.22. The highest BCUT2D eigenvalue weighted by Gasteiger charge is 2.19. The number of hydrogen-bond acceptors (Lipinski definition) is 7. The van der Waals surface area contributed by atoms with Crippen molar-refractivity contribution in [1.29, 1.82) is 0 Å². The zero-order chi connectivity index (χ0) is 21.5. The number of aromatic nitrogens is 3. The van der Waals surface area contributed by atoms with E-state index in [-0.39, 0.29) is 0 Å². The Labute approximate surface area is 193 Å². The first-order chi connectivity index (χ1) is 15.2. The molecule has 0 amide bonds. The van der Waals surface area contributed by atoms with Crippen molar-refractivity contribution >= 4 is 47.3 Å². The number of anilines is 3. The van der Waals surface area contributed by atoms with E-state index < -0.39 is 0 Å². The van der Waals surface area contributed by atoms with Crippen LogP contribution >= 0.6 is 23.2 Å². The molecule has 0 atom stereocenters. The fourth-order valence-electron chi connectivity index (χ4n) is 3.99. The highest BCUT2D eigenvalue weighted by atomic mass is 35.5. The average molecular weight is 462 g/mol. The van der Waals surface area contributed by atoms with E-state index in [1.807, 2.05) is 6.07 Å². The predicted molar refractivity (Wildman–Crippen MR) is 129 cm³/mol. The van der Waals surface area contributed by atoms with Gasteiger partial charge < -0.3 is 9.80 Å². The van der Waals surface area contributed by atoms with Crippen molar-refractivity contribution in [3.8, 4) is 0 Å². The van der Waals surface area contributed by atoms with E-state index in [1.165, 1.54) is 51.4 Å². The molecule has 9 heteroatoms. The van der Waals surface area contributed by atoms with E-state index in [0.717, 1.165) is 43.6 Å². The maximum absolute atomic E-state index is 6.09. The minimum absolute atomic E-state index is 0.463. The van der Waals surface area contributed by atoms with Crippen LogP contribution in [0.3, 0.4) is 0 Å². The van der Waals surface area contributed by atoms with Crippen LogP contribution in [0.1, 0.15) is 56.9 Å². The monoisotopic (exact) mass is 461 g/mol. The molecule has 4 rings (SSSR count). The van der Waals surface area contributed by atoms with Crippen LogP contribution in [-0.4, -0.2) is 47.3 Å². The van der Waals surface area contributed by atoms with Crippen molar-refractivity contribution < 1.29 is 0 Å². The van der Waals surface area contributed by atoms with Crippen molar-refractivity contribution in [3.05, 3.63) is 33.8 Å². The third kappa shape index (κ3) is 6.20. The lowest BCUT2D eigenvalue weighted by atomic mass is 10.2. The molecule has 0 aliphatic carbocycles. The van der Waals surface area contributed by atoms with E-state index in [2.05, 4.69) is 30.3 Å². The molecular formula is C22H29Cl2N7. The fraction of sp³-hybridized carbons (Fsp3) is 0.545. The van der Waals surface area contributed by atoms with Crippen LogP contribution in [0.4, 0.5) is 17.8 Å². The number of benzene rings is 1. The predicted octanol–water partition coefficient (Wildman–Crippen LogP) is 5.39. The second-order valence-electron chi connectivity index (χ2n) is 8.11. The summed E-state index contributed by atoms with van der Waals surface area (Å²) in [5, 5.41) is 5.35. The Kier molecular flexibility index (Phi) is 7.81. The Balaban J connectivity index is 1.56. The molecule has 0 unspecified atom stereocenters. The second-order valence-corrected chi connectivity index (χ2v) is 8.92. The lowest BCUT2D eigenvalue weighted by molar-refractivity contribution is 0.726. The maximum atomic E-state index is 6.09. The lowest BCUT2D eigenvalue weighted by Gasteiger charge is -2.24. The molecule has 1 aromatic heterocycles. The molecule has 2 aliphatic heterocycles. The normalized spacial score (nSPS) is 18.1. The Morgan fingerprint density at radius 3 is 1.81 bits per heavy atom. The highest BCUT2D eigenvalue weighted by Crippen LogP contribution is 2.23. The van der Waals surface area contributed by atoms with E-state index in [4.69, 9.17) is 28.2 Å². The zero-order valence-corrected chi connectivity index (χ0v) is 19.2. The van der Waals surface area contributed by atoms with Gasteiger partial charge in [-0.3, -0.25) is 0 Å². The van der Waals surface area contributed by atoms with Gasteiger partial charge in [-0.15, -0.1) is 0 Å². The van der Waals surface area contributed by atoms with Gasteiger partial charge in [0.2, 0.25) is 17.8 Å². The third-order valence-corrected chi connectivity index (χ3v) is 6.45. The number of rotatable bonds is 5. The van der Waals surface area contributed by atoms with Gasteiger partial charge in [0.1, 0.15) is 0 Å². The summed E-state index contributed by atoms with van der Waals surface area (Å²) >= 11 is 12.1. The minimum atomic E-state index is 0.463. The smallest absolute Gasteiger partial charge is 0.250 e. The molecule has 2 aromatic rings. The molecule has 2 aliphatic rings. The third-order valence-electron chi connectivity index (χ3n) is 5.71. The number of hydrazone groups is 1. The summed E-state index contributed by atoms with van der Waals surface area (Å²) in [6, 6.07) is 5.38. The molecule has 7 nitrogen and oxygen atoms in total. The fourth-order valence-corrected chi connectivity index (χ4v) is 4.29. The molecule has 2 saturated heterocycles. The minimum Gasteiger partial charge on any atom is -0.341 e. The van der Waals surface area contributed by atoms with Crippen LogP contribution in [0.25, 0.3) is 0 Å². The van der Waals surface area contributed by atoms with E-state index in [9.17, 15) is 0 Å². The number of nitrogens with one attached hydrogen (secondary N) is 1. The Hall–Kier alpha value is -2.12. The first kappa shape index (κ1) is 22.1. The molecule has 1 aromatic carbocycles. The van der Waals surface area contributed by atoms with Gasteiger partial charge in [0.05, 0.1) is 16.3 Å². The van der Waals surface area contributed by atoms with Crippen molar-refractivity contribution in [2.45, 2.75) is 51.4 Å². The van der Waals surface area contributed by atoms with Gasteiger partial charge in [-0.25, -0.2) is 5.43 Å². The molecule has 3 heterocycles. The van der Waals surface area contributed by atoms with Gasteiger partial charge in [0, 0.05) is 26.2 Å². The van der Waals surface area contributed by atoms with Crippen LogP contribution < -0.4 is 15.2 Å². The molecule has 2 fully saturated rings. The van der Waals surface area contributed by atoms with E-state index in [1.54, 1.807) is 18.3 Å². The summed E-state index contributed by atoms with van der Waals surface area (Å²) in [5.74, 6) is 1.94. The molecule has 0 radical (unpaired) electrons. The molecule has 0 bridgehead atoms. The summed E-state index contributed by atoms with van der Waals surface area (Å²) in [6.45, 7) is 3.93. The van der Waals surface area contributed by atoms with Gasteiger partial charge in [-0.05, 0) is 43.4 Å². The highest BCUT2D eigenvalue weighted by molar-refractivity contribution is 6.42. The van der Waals surface area contributed by atoms with Crippen LogP contribution in [0.15, 0.2) is 23.3 Å². The summed E-state index contributed by atoms with van der Waals surface area (Å²) in [6.07, 6.45) is 11.4. The SMILES string of the molecule is Clc1ccc(C=NNc2nc(N3CCCCCC3)nc(N3CCCCCC3)n2)cc1Cl. The zero-order valence-electron chi connectivity index (χ0n) is 17.7. The number of nitrogens with zero attached hydrogens (tertiary/aromatic N) is 6. The van der Waals surface area contributed by atoms with Gasteiger partial charge in [0.15, 0.2) is 0 Å². The number of hydrogen-bond donors (Lipinski definition) is 1. The quantitative estimate of drug-likeness (QED) is 0.475. The van der Waals surface area contributed by atoms with Crippen LogP contribution in [0.2, 0.25) is 10.0 Å². The molecule has 1 N–H and O–H groups in total. The van der Waals surface area contributed by atoms with Gasteiger partial charge in [-0.1, -0.05) is 55.0 Å². The Morgan fingerprint density at radius 1 is 0.742 bits per heavy atom. The topological polar surface area (TPSA) is 69.5 Å². The van der Waals surface area contributed by atoms with Crippen LogP contribution in [0, 0.1) is 0 Å². The lowest BCUT2D eigenvalue weighted by Crippen LogP contribution is -2.30. The largest absolute Gasteiger partial charge is 0.341 e. The summed E-state index contributed by atoms with van der Waals surface area (Å²) in [5.41, 5.74) is 3.84. The van der Waals surface area contributed by atoms with Gasteiger partial charge >= 0.3 is 0 Å². The van der Waals surface area contributed by atoms with Crippen molar-refractivity contribution in [2.75, 3.05) is 41.4 Å². The Bertz CT molecular complexity index is 851. The van der Waals surface area contributed by atoms with E-state index in [0.29, 0.717) is 16.0 Å².